The SMILES string of the molecule is CCN(Cc1ccccc1)C(=O)C1CCN(S(=O)(=O)c2ccc(C(F)(F)F)cc2)CC1. The number of rotatable bonds is 6. The molecule has 1 amide bonds. The van der Waals surface area contributed by atoms with E-state index in [1.54, 1.807) is 4.90 Å². The van der Waals surface area contributed by atoms with Crippen LogP contribution in [0.2, 0.25) is 0 Å². The van der Waals surface area contributed by atoms with Crippen LogP contribution in [0.1, 0.15) is 30.9 Å². The lowest BCUT2D eigenvalue weighted by Crippen LogP contribution is -2.44. The van der Waals surface area contributed by atoms with Crippen molar-refractivity contribution in [1.82, 2.24) is 9.21 Å². The van der Waals surface area contributed by atoms with Crippen molar-refractivity contribution in [2.24, 2.45) is 5.92 Å². The van der Waals surface area contributed by atoms with Crippen molar-refractivity contribution >= 4 is 15.9 Å². The summed E-state index contributed by atoms with van der Waals surface area (Å²) in [6.07, 6.45) is -3.76. The Morgan fingerprint density at radius 3 is 2.13 bits per heavy atom. The molecule has 1 heterocycles. The highest BCUT2D eigenvalue weighted by molar-refractivity contribution is 7.89. The van der Waals surface area contributed by atoms with Crippen LogP contribution in [0.25, 0.3) is 0 Å². The number of amides is 1. The van der Waals surface area contributed by atoms with E-state index >= 15 is 0 Å². The third-order valence-electron chi connectivity index (χ3n) is 5.53. The van der Waals surface area contributed by atoms with Gasteiger partial charge in [0.2, 0.25) is 15.9 Å². The first kappa shape index (κ1) is 23.3. The van der Waals surface area contributed by atoms with Gasteiger partial charge < -0.3 is 4.90 Å². The molecule has 2 aromatic carbocycles. The van der Waals surface area contributed by atoms with Crippen molar-refractivity contribution in [3.8, 4) is 0 Å². The minimum Gasteiger partial charge on any atom is -0.338 e. The van der Waals surface area contributed by atoms with E-state index in [-0.39, 0.29) is 29.8 Å². The molecule has 2 aromatic rings. The fourth-order valence-electron chi connectivity index (χ4n) is 3.72. The van der Waals surface area contributed by atoms with Gasteiger partial charge in [0, 0.05) is 32.1 Å². The molecule has 0 unspecified atom stereocenters. The highest BCUT2D eigenvalue weighted by atomic mass is 32.2. The number of sulfonamides is 1. The molecular weight excluding hydrogens is 429 g/mol. The number of hydrogen-bond acceptors (Lipinski definition) is 3. The van der Waals surface area contributed by atoms with Crippen LogP contribution in [0.15, 0.2) is 59.5 Å². The molecule has 0 atom stereocenters. The molecule has 5 nitrogen and oxygen atoms in total. The number of nitrogens with zero attached hydrogens (tertiary/aromatic N) is 2. The molecule has 3 rings (SSSR count). The van der Waals surface area contributed by atoms with Crippen LogP contribution in [0.5, 0.6) is 0 Å². The van der Waals surface area contributed by atoms with E-state index in [1.807, 2.05) is 37.3 Å². The second-order valence-corrected chi connectivity index (χ2v) is 9.48. The van der Waals surface area contributed by atoms with Gasteiger partial charge in [0.05, 0.1) is 10.5 Å². The largest absolute Gasteiger partial charge is 0.416 e. The summed E-state index contributed by atoms with van der Waals surface area (Å²) in [6, 6.07) is 13.1. The van der Waals surface area contributed by atoms with Crippen LogP contribution in [0.4, 0.5) is 13.2 Å². The summed E-state index contributed by atoms with van der Waals surface area (Å²) in [5.41, 5.74) is 0.133. The number of benzene rings is 2. The predicted molar refractivity (Wildman–Crippen MR) is 110 cm³/mol. The van der Waals surface area contributed by atoms with Gasteiger partial charge in [-0.25, -0.2) is 8.42 Å². The maximum atomic E-state index is 12.9. The van der Waals surface area contributed by atoms with Gasteiger partial charge >= 0.3 is 6.18 Å². The van der Waals surface area contributed by atoms with Gasteiger partial charge in [0.1, 0.15) is 0 Å². The Morgan fingerprint density at radius 1 is 1.03 bits per heavy atom. The number of hydrogen-bond donors (Lipinski definition) is 0. The molecular formula is C22H25F3N2O3S. The maximum absolute atomic E-state index is 12.9. The molecule has 1 fully saturated rings. The number of carbonyl (C=O) groups excluding carboxylic acids is 1. The molecule has 0 aromatic heterocycles. The second kappa shape index (κ2) is 9.40. The van der Waals surface area contributed by atoms with Crippen molar-refractivity contribution in [2.75, 3.05) is 19.6 Å². The van der Waals surface area contributed by atoms with E-state index in [0.717, 1.165) is 29.8 Å². The quantitative estimate of drug-likeness (QED) is 0.659. The first-order valence-electron chi connectivity index (χ1n) is 10.1. The van der Waals surface area contributed by atoms with Gasteiger partial charge in [0.25, 0.3) is 0 Å². The summed E-state index contributed by atoms with van der Waals surface area (Å²) in [5, 5.41) is 0. The molecule has 0 bridgehead atoms. The lowest BCUT2D eigenvalue weighted by Gasteiger charge is -2.33. The minimum atomic E-state index is -4.52. The van der Waals surface area contributed by atoms with Crippen LogP contribution < -0.4 is 0 Å². The average Bonchev–Trinajstić information content (AvgIpc) is 2.77. The Hall–Kier alpha value is -2.39. The summed E-state index contributed by atoms with van der Waals surface area (Å²) in [4.78, 5) is 14.5. The molecule has 1 aliphatic rings. The van der Waals surface area contributed by atoms with Crippen molar-refractivity contribution in [1.29, 1.82) is 0 Å². The van der Waals surface area contributed by atoms with Gasteiger partial charge in [-0.1, -0.05) is 30.3 Å². The lowest BCUT2D eigenvalue weighted by molar-refractivity contribution is -0.138. The van der Waals surface area contributed by atoms with Crippen molar-refractivity contribution in [3.63, 3.8) is 0 Å². The standard InChI is InChI=1S/C22H25F3N2O3S/c1-2-26(16-17-6-4-3-5-7-17)21(28)18-12-14-27(15-13-18)31(29,30)20-10-8-19(9-11-20)22(23,24)25/h3-11,18H,2,12-16H2,1H3. The Bertz CT molecular complexity index is 985. The molecule has 0 saturated carbocycles. The highest BCUT2D eigenvalue weighted by Crippen LogP contribution is 2.31. The highest BCUT2D eigenvalue weighted by Gasteiger charge is 2.35. The lowest BCUT2D eigenvalue weighted by atomic mass is 9.96. The molecule has 0 N–H and O–H groups in total. The molecule has 168 valence electrons. The topological polar surface area (TPSA) is 57.7 Å². The van der Waals surface area contributed by atoms with Crippen molar-refractivity contribution < 1.29 is 26.4 Å². The number of halogens is 3. The molecule has 0 aliphatic carbocycles. The Kier molecular flexibility index (Phi) is 7.06. The van der Waals surface area contributed by atoms with E-state index in [4.69, 9.17) is 0 Å². The summed E-state index contributed by atoms with van der Waals surface area (Å²) in [7, 11) is -3.91. The minimum absolute atomic E-state index is 0.00192. The summed E-state index contributed by atoms with van der Waals surface area (Å²) in [5.74, 6) is -0.277. The second-order valence-electron chi connectivity index (χ2n) is 7.54. The van der Waals surface area contributed by atoms with Gasteiger partial charge in [-0.2, -0.15) is 17.5 Å². The van der Waals surface area contributed by atoms with Crippen LogP contribution in [-0.2, 0) is 27.5 Å². The third-order valence-corrected chi connectivity index (χ3v) is 7.45. The number of carbonyl (C=O) groups is 1. The zero-order valence-electron chi connectivity index (χ0n) is 17.2. The van der Waals surface area contributed by atoms with Crippen molar-refractivity contribution in [2.45, 2.75) is 37.4 Å². The van der Waals surface area contributed by atoms with E-state index in [1.165, 1.54) is 4.31 Å². The van der Waals surface area contributed by atoms with Gasteiger partial charge in [-0.15, -0.1) is 0 Å². The van der Waals surface area contributed by atoms with Crippen LogP contribution in [0, 0.1) is 5.92 Å². The van der Waals surface area contributed by atoms with Crippen molar-refractivity contribution in [3.05, 3.63) is 65.7 Å². The zero-order valence-corrected chi connectivity index (χ0v) is 18.0. The van der Waals surface area contributed by atoms with E-state index in [2.05, 4.69) is 0 Å². The maximum Gasteiger partial charge on any atom is 0.416 e. The van der Waals surface area contributed by atoms with Gasteiger partial charge in [-0.05, 0) is 49.6 Å². The normalized spacial score (nSPS) is 16.3. The van der Waals surface area contributed by atoms with Gasteiger partial charge in [-0.3, -0.25) is 4.79 Å². The third kappa shape index (κ3) is 5.46. The van der Waals surface area contributed by atoms with Gasteiger partial charge in [0.15, 0.2) is 0 Å². The summed E-state index contributed by atoms with van der Waals surface area (Å²) in [6.45, 7) is 3.27. The van der Waals surface area contributed by atoms with Crippen LogP contribution in [0.3, 0.4) is 0 Å². The fourth-order valence-corrected chi connectivity index (χ4v) is 5.19. The molecule has 1 aliphatic heterocycles. The zero-order chi connectivity index (χ0) is 22.6. The molecule has 0 radical (unpaired) electrons. The van der Waals surface area contributed by atoms with Crippen LogP contribution >= 0.6 is 0 Å². The smallest absolute Gasteiger partial charge is 0.338 e. The molecule has 31 heavy (non-hydrogen) atoms. The molecule has 9 heteroatoms. The number of piperidine rings is 1. The number of alkyl halides is 3. The molecule has 1 saturated heterocycles. The summed E-state index contributed by atoms with van der Waals surface area (Å²) >= 11 is 0. The van der Waals surface area contributed by atoms with Crippen LogP contribution in [-0.4, -0.2) is 43.2 Å². The monoisotopic (exact) mass is 454 g/mol. The Balaban J connectivity index is 1.63. The average molecular weight is 455 g/mol. The summed E-state index contributed by atoms with van der Waals surface area (Å²) < 4.78 is 65.0. The Morgan fingerprint density at radius 2 is 1.61 bits per heavy atom. The van der Waals surface area contributed by atoms with E-state index < -0.39 is 21.8 Å². The van der Waals surface area contributed by atoms with E-state index in [9.17, 15) is 26.4 Å². The first-order chi connectivity index (χ1) is 14.6. The molecule has 0 spiro atoms. The predicted octanol–water partition coefficient (Wildman–Crippen LogP) is 4.15. The Labute approximate surface area is 180 Å². The first-order valence-corrected chi connectivity index (χ1v) is 11.6. The fraction of sp³-hybridized carbons (Fsp3) is 0.409. The van der Waals surface area contributed by atoms with E-state index in [0.29, 0.717) is 25.9 Å².